The third-order valence-corrected chi connectivity index (χ3v) is 2.45. The lowest BCUT2D eigenvalue weighted by Gasteiger charge is -2.14. The van der Waals surface area contributed by atoms with E-state index in [2.05, 4.69) is 25.2 Å². The fourth-order valence-corrected chi connectivity index (χ4v) is 1.50. The molecule has 92 valence electrons. The maximum atomic E-state index is 8.91. The van der Waals surface area contributed by atoms with E-state index < -0.39 is 0 Å². The number of para-hydroxylation sites is 1. The second kappa shape index (κ2) is 7.70. The smallest absolute Gasteiger partial charge is 0.137 e. The highest BCUT2D eigenvalue weighted by atomic mass is 16.5. The number of benzene rings is 1. The van der Waals surface area contributed by atoms with Crippen LogP contribution >= 0.6 is 0 Å². The molecule has 0 bridgehead atoms. The van der Waals surface area contributed by atoms with Crippen molar-refractivity contribution in [2.45, 2.75) is 20.3 Å². The van der Waals surface area contributed by atoms with Gasteiger partial charge in [-0.05, 0) is 25.1 Å². The lowest BCUT2D eigenvalue weighted by molar-refractivity contribution is 0.255. The molecule has 1 aromatic rings. The van der Waals surface area contributed by atoms with Gasteiger partial charge in [0, 0.05) is 12.5 Å². The van der Waals surface area contributed by atoms with Crippen LogP contribution in [0.25, 0.3) is 0 Å². The molecule has 0 saturated heterocycles. The summed E-state index contributed by atoms with van der Waals surface area (Å²) in [5.74, 6) is 1.12. The summed E-state index contributed by atoms with van der Waals surface area (Å²) in [7, 11) is 0. The predicted molar refractivity (Wildman–Crippen MR) is 69.0 cm³/mol. The zero-order valence-electron chi connectivity index (χ0n) is 10.6. The van der Waals surface area contributed by atoms with Crippen LogP contribution in [0.2, 0.25) is 0 Å². The highest BCUT2D eigenvalue weighted by Crippen LogP contribution is 2.17. The third-order valence-electron chi connectivity index (χ3n) is 2.45. The predicted octanol–water partition coefficient (Wildman–Crippen LogP) is 2.57. The maximum absolute atomic E-state index is 8.91. The normalized spacial score (nSPS) is 11.8. The molecule has 0 aliphatic rings. The molecule has 1 N–H and O–H groups in total. The maximum Gasteiger partial charge on any atom is 0.137 e. The van der Waals surface area contributed by atoms with E-state index in [9.17, 15) is 0 Å². The number of nitrogens with zero attached hydrogens (tertiary/aromatic N) is 1. The Kier molecular flexibility index (Phi) is 6.13. The molecule has 3 heteroatoms. The first kappa shape index (κ1) is 13.5. The van der Waals surface area contributed by atoms with Gasteiger partial charge in [0.05, 0.1) is 12.2 Å². The van der Waals surface area contributed by atoms with Gasteiger partial charge in [-0.3, -0.25) is 0 Å². The highest BCUT2D eigenvalue weighted by Gasteiger charge is 2.05. The van der Waals surface area contributed by atoms with E-state index in [0.717, 1.165) is 19.5 Å². The van der Waals surface area contributed by atoms with Gasteiger partial charge in [0.2, 0.25) is 0 Å². The summed E-state index contributed by atoms with van der Waals surface area (Å²) in [6.45, 7) is 6.91. The molecule has 1 atom stereocenters. The molecule has 0 aliphatic carbocycles. The van der Waals surface area contributed by atoms with Gasteiger partial charge in [0.15, 0.2) is 0 Å². The molecule has 3 nitrogen and oxygen atoms in total. The number of hydrogen-bond acceptors (Lipinski definition) is 3. The highest BCUT2D eigenvalue weighted by molar-refractivity contribution is 5.42. The van der Waals surface area contributed by atoms with Crippen molar-refractivity contribution >= 4 is 0 Å². The van der Waals surface area contributed by atoms with Gasteiger partial charge in [0.25, 0.3) is 0 Å². The lowest BCUT2D eigenvalue weighted by Crippen LogP contribution is -2.25. The molecular weight excluding hydrogens is 212 g/mol. The van der Waals surface area contributed by atoms with Crippen LogP contribution in [0.1, 0.15) is 25.8 Å². The van der Waals surface area contributed by atoms with E-state index in [0.29, 0.717) is 23.8 Å². The van der Waals surface area contributed by atoms with Gasteiger partial charge in [0.1, 0.15) is 11.8 Å². The topological polar surface area (TPSA) is 45.0 Å². The Morgan fingerprint density at radius 2 is 2.18 bits per heavy atom. The number of nitriles is 1. The Bertz CT molecular complexity index is 371. The van der Waals surface area contributed by atoms with E-state index in [-0.39, 0.29) is 0 Å². The van der Waals surface area contributed by atoms with Crippen molar-refractivity contribution < 1.29 is 4.74 Å². The van der Waals surface area contributed by atoms with Crippen molar-refractivity contribution in [1.82, 2.24) is 5.32 Å². The van der Waals surface area contributed by atoms with Crippen LogP contribution in [0, 0.1) is 17.2 Å². The van der Waals surface area contributed by atoms with Crippen LogP contribution in [0.3, 0.4) is 0 Å². The zero-order valence-corrected chi connectivity index (χ0v) is 10.6. The van der Waals surface area contributed by atoms with Crippen LogP contribution in [0.15, 0.2) is 24.3 Å². The lowest BCUT2D eigenvalue weighted by atomic mass is 10.2. The SMILES string of the molecule is CCCNCC(C)COc1ccccc1C#N. The summed E-state index contributed by atoms with van der Waals surface area (Å²) in [6, 6.07) is 9.47. The van der Waals surface area contributed by atoms with Crippen molar-refractivity contribution in [1.29, 1.82) is 5.26 Å². The second-order valence-electron chi connectivity index (χ2n) is 4.23. The Labute approximate surface area is 103 Å². The largest absolute Gasteiger partial charge is 0.492 e. The fourth-order valence-electron chi connectivity index (χ4n) is 1.50. The Morgan fingerprint density at radius 3 is 2.88 bits per heavy atom. The number of nitrogens with one attached hydrogen (secondary N) is 1. The zero-order chi connectivity index (χ0) is 12.5. The van der Waals surface area contributed by atoms with Gasteiger partial charge in [-0.1, -0.05) is 26.0 Å². The van der Waals surface area contributed by atoms with Crippen LogP contribution in [-0.4, -0.2) is 19.7 Å². The van der Waals surface area contributed by atoms with Crippen LogP contribution in [-0.2, 0) is 0 Å². The molecule has 0 heterocycles. The fraction of sp³-hybridized carbons (Fsp3) is 0.500. The Hall–Kier alpha value is -1.53. The van der Waals surface area contributed by atoms with Gasteiger partial charge in [-0.15, -0.1) is 0 Å². The average Bonchev–Trinajstić information content (AvgIpc) is 2.37. The molecule has 0 spiro atoms. The molecule has 1 rings (SSSR count). The molecule has 0 saturated carbocycles. The first-order chi connectivity index (χ1) is 8.27. The minimum absolute atomic E-state index is 0.438. The van der Waals surface area contributed by atoms with E-state index in [4.69, 9.17) is 10.00 Å². The first-order valence-corrected chi connectivity index (χ1v) is 6.10. The molecule has 0 aromatic heterocycles. The van der Waals surface area contributed by atoms with Crippen molar-refractivity contribution in [2.75, 3.05) is 19.7 Å². The average molecular weight is 232 g/mol. The Balaban J connectivity index is 2.37. The van der Waals surface area contributed by atoms with E-state index in [1.165, 1.54) is 0 Å². The third kappa shape index (κ3) is 4.88. The van der Waals surface area contributed by atoms with E-state index >= 15 is 0 Å². The standard InChI is InChI=1S/C14H20N2O/c1-3-8-16-10-12(2)11-17-14-7-5-4-6-13(14)9-15/h4-7,12,16H,3,8,10-11H2,1-2H3. The molecule has 0 fully saturated rings. The van der Waals surface area contributed by atoms with Crippen LogP contribution in [0.5, 0.6) is 5.75 Å². The molecule has 0 amide bonds. The molecule has 0 aliphatic heterocycles. The van der Waals surface area contributed by atoms with E-state index in [1.807, 2.05) is 18.2 Å². The van der Waals surface area contributed by atoms with Crippen LogP contribution in [0.4, 0.5) is 0 Å². The summed E-state index contributed by atoms with van der Waals surface area (Å²) in [4.78, 5) is 0. The van der Waals surface area contributed by atoms with Gasteiger partial charge < -0.3 is 10.1 Å². The van der Waals surface area contributed by atoms with Crippen LogP contribution < -0.4 is 10.1 Å². The number of rotatable bonds is 7. The molecular formula is C14H20N2O. The summed E-state index contributed by atoms with van der Waals surface area (Å²) in [5, 5.41) is 12.3. The van der Waals surface area contributed by atoms with Gasteiger partial charge in [-0.2, -0.15) is 5.26 Å². The van der Waals surface area contributed by atoms with Gasteiger partial charge >= 0.3 is 0 Å². The minimum atomic E-state index is 0.438. The van der Waals surface area contributed by atoms with Crippen molar-refractivity contribution in [3.8, 4) is 11.8 Å². The molecule has 1 unspecified atom stereocenters. The summed E-state index contributed by atoms with van der Waals surface area (Å²) >= 11 is 0. The van der Waals surface area contributed by atoms with Crippen molar-refractivity contribution in [2.24, 2.45) is 5.92 Å². The summed E-state index contributed by atoms with van der Waals surface area (Å²) < 4.78 is 5.66. The van der Waals surface area contributed by atoms with Crippen molar-refractivity contribution in [3.63, 3.8) is 0 Å². The number of hydrogen-bond donors (Lipinski definition) is 1. The number of ether oxygens (including phenoxy) is 1. The molecule has 17 heavy (non-hydrogen) atoms. The summed E-state index contributed by atoms with van der Waals surface area (Å²) in [6.07, 6.45) is 1.14. The van der Waals surface area contributed by atoms with Gasteiger partial charge in [-0.25, -0.2) is 0 Å². The second-order valence-corrected chi connectivity index (χ2v) is 4.23. The first-order valence-electron chi connectivity index (χ1n) is 6.10. The molecule has 1 aromatic carbocycles. The molecule has 0 radical (unpaired) electrons. The monoisotopic (exact) mass is 232 g/mol. The Morgan fingerprint density at radius 1 is 1.41 bits per heavy atom. The minimum Gasteiger partial charge on any atom is -0.492 e. The van der Waals surface area contributed by atoms with E-state index in [1.54, 1.807) is 6.07 Å². The quantitative estimate of drug-likeness (QED) is 0.735. The van der Waals surface area contributed by atoms with Crippen molar-refractivity contribution in [3.05, 3.63) is 29.8 Å². The summed E-state index contributed by atoms with van der Waals surface area (Å²) in [5.41, 5.74) is 0.598.